The summed E-state index contributed by atoms with van der Waals surface area (Å²) in [6.45, 7) is 12.7. The van der Waals surface area contributed by atoms with E-state index >= 15 is 0 Å². The van der Waals surface area contributed by atoms with Gasteiger partial charge in [0.2, 0.25) is 5.91 Å². The number of carbonyl (C=O) groups is 1. The van der Waals surface area contributed by atoms with Crippen molar-refractivity contribution in [2.75, 3.05) is 13.2 Å². The average Bonchev–Trinajstić information content (AvgIpc) is 3.36. The number of hydrogen-bond donors (Lipinski definition) is 1. The van der Waals surface area contributed by atoms with E-state index in [4.69, 9.17) is 9.72 Å². The van der Waals surface area contributed by atoms with Crippen molar-refractivity contribution < 1.29 is 9.53 Å². The van der Waals surface area contributed by atoms with Crippen LogP contribution in [0.2, 0.25) is 0 Å². The fourth-order valence-electron chi connectivity index (χ4n) is 7.10. The lowest BCUT2D eigenvalue weighted by molar-refractivity contribution is -0.144. The van der Waals surface area contributed by atoms with E-state index in [2.05, 4.69) is 80.9 Å². The van der Waals surface area contributed by atoms with Crippen molar-refractivity contribution in [2.45, 2.75) is 84.3 Å². The van der Waals surface area contributed by atoms with Crippen molar-refractivity contribution in [1.82, 2.24) is 14.9 Å². The van der Waals surface area contributed by atoms with Gasteiger partial charge in [0.15, 0.2) is 0 Å². The van der Waals surface area contributed by atoms with Crippen LogP contribution >= 0.6 is 0 Å². The fourth-order valence-corrected chi connectivity index (χ4v) is 7.10. The number of nitrogens with zero attached hydrogens (tertiary/aromatic N) is 2. The first kappa shape index (κ1) is 27.7. The van der Waals surface area contributed by atoms with E-state index in [1.807, 2.05) is 24.4 Å². The van der Waals surface area contributed by atoms with Gasteiger partial charge in [-0.15, -0.1) is 0 Å². The summed E-state index contributed by atoms with van der Waals surface area (Å²) in [6.07, 6.45) is 6.72. The number of pyridine rings is 1. The standard InChI is InChI=1S/C36H43N3O2/c1-23-15-24(2)17-28(16-23)33-32(25(3)21-41-22-27-9-7-6-8-10-27)31-18-29(19-37-34(31)38-33)36(4,5)35(40)39-20-26-11-13-30(39)14-12-26/h6-10,15-19,25-26,30H,11-14,20-22H2,1-5H3,(H,37,38)/t25-,26?,30?/m1/s1. The maximum atomic E-state index is 14.0. The number of rotatable bonds is 8. The van der Waals surface area contributed by atoms with E-state index in [1.165, 1.54) is 35.1 Å². The lowest BCUT2D eigenvalue weighted by Crippen LogP contribution is -2.55. The normalized spacial score (nSPS) is 19.6. The Morgan fingerprint density at radius 2 is 1.76 bits per heavy atom. The predicted octanol–water partition coefficient (Wildman–Crippen LogP) is 7.85. The SMILES string of the molecule is Cc1cc(C)cc(-c2[nH]c3ncc(C(C)(C)C(=O)N4CC5CCC4CC5)cc3c2[C@H](C)COCc2ccccc2)c1. The summed E-state index contributed by atoms with van der Waals surface area (Å²) < 4.78 is 6.24. The van der Waals surface area contributed by atoms with Crippen LogP contribution in [0.3, 0.4) is 0 Å². The van der Waals surface area contributed by atoms with E-state index in [9.17, 15) is 4.79 Å². The molecule has 41 heavy (non-hydrogen) atoms. The van der Waals surface area contributed by atoms with Gasteiger partial charge in [0.1, 0.15) is 5.65 Å². The monoisotopic (exact) mass is 549 g/mol. The van der Waals surface area contributed by atoms with Crippen molar-refractivity contribution in [3.63, 3.8) is 0 Å². The minimum atomic E-state index is -0.652. The third-order valence-electron chi connectivity index (χ3n) is 9.40. The number of carbonyl (C=O) groups excluding carboxylic acids is 1. The number of ether oxygens (including phenoxy) is 1. The van der Waals surface area contributed by atoms with Crippen LogP contribution in [0.5, 0.6) is 0 Å². The van der Waals surface area contributed by atoms with E-state index in [-0.39, 0.29) is 11.8 Å². The highest BCUT2D eigenvalue weighted by molar-refractivity contribution is 5.93. The quantitative estimate of drug-likeness (QED) is 0.244. The molecule has 5 nitrogen and oxygen atoms in total. The molecule has 214 valence electrons. The Bertz CT molecular complexity index is 1530. The average molecular weight is 550 g/mol. The number of amides is 1. The first-order valence-corrected chi connectivity index (χ1v) is 15.2. The number of benzene rings is 2. The molecular weight excluding hydrogens is 506 g/mol. The molecule has 2 bridgehead atoms. The zero-order valence-corrected chi connectivity index (χ0v) is 25.2. The number of fused-ring (bicyclic) bond motifs is 4. The van der Waals surface area contributed by atoms with Crippen LogP contribution in [0, 0.1) is 19.8 Å². The summed E-state index contributed by atoms with van der Waals surface area (Å²) >= 11 is 0. The first-order valence-electron chi connectivity index (χ1n) is 15.2. The van der Waals surface area contributed by atoms with Gasteiger partial charge in [-0.05, 0) is 99.7 Å². The molecule has 2 saturated heterocycles. The topological polar surface area (TPSA) is 58.2 Å². The lowest BCUT2D eigenvalue weighted by atomic mass is 9.76. The van der Waals surface area contributed by atoms with Gasteiger partial charge in [-0.3, -0.25) is 4.79 Å². The number of H-pyrrole nitrogens is 1. The van der Waals surface area contributed by atoms with Gasteiger partial charge >= 0.3 is 0 Å². The summed E-state index contributed by atoms with van der Waals surface area (Å²) in [4.78, 5) is 24.8. The number of hydrogen-bond acceptors (Lipinski definition) is 3. The van der Waals surface area contributed by atoms with Crippen molar-refractivity contribution in [3.05, 3.63) is 88.6 Å². The van der Waals surface area contributed by atoms with E-state index in [0.29, 0.717) is 25.2 Å². The van der Waals surface area contributed by atoms with Gasteiger partial charge in [-0.2, -0.15) is 0 Å². The molecule has 1 amide bonds. The third-order valence-corrected chi connectivity index (χ3v) is 9.40. The van der Waals surface area contributed by atoms with Crippen LogP contribution in [0.4, 0.5) is 0 Å². The smallest absolute Gasteiger partial charge is 0.232 e. The number of aromatic nitrogens is 2. The van der Waals surface area contributed by atoms with E-state index in [0.717, 1.165) is 47.2 Å². The molecule has 2 aromatic heterocycles. The molecule has 7 rings (SSSR count). The van der Waals surface area contributed by atoms with Crippen LogP contribution < -0.4 is 0 Å². The van der Waals surface area contributed by atoms with E-state index < -0.39 is 5.41 Å². The first-order chi connectivity index (χ1) is 19.7. The van der Waals surface area contributed by atoms with Gasteiger partial charge in [0.25, 0.3) is 0 Å². The van der Waals surface area contributed by atoms with Gasteiger partial charge < -0.3 is 14.6 Å². The molecule has 1 saturated carbocycles. The van der Waals surface area contributed by atoms with Crippen molar-refractivity contribution in [2.24, 2.45) is 5.92 Å². The maximum Gasteiger partial charge on any atom is 0.232 e. The highest BCUT2D eigenvalue weighted by Crippen LogP contribution is 2.40. The summed E-state index contributed by atoms with van der Waals surface area (Å²) in [5, 5.41) is 1.08. The molecular formula is C36H43N3O2. The van der Waals surface area contributed by atoms with Crippen molar-refractivity contribution in [1.29, 1.82) is 0 Å². The molecule has 1 aliphatic carbocycles. The number of aromatic amines is 1. The molecule has 0 radical (unpaired) electrons. The zero-order valence-electron chi connectivity index (χ0n) is 25.2. The number of nitrogens with one attached hydrogen (secondary N) is 1. The van der Waals surface area contributed by atoms with Crippen LogP contribution in [-0.4, -0.2) is 40.0 Å². The molecule has 2 aromatic carbocycles. The maximum absolute atomic E-state index is 14.0. The van der Waals surface area contributed by atoms with Crippen LogP contribution in [0.15, 0.2) is 60.8 Å². The molecule has 2 aliphatic heterocycles. The zero-order chi connectivity index (χ0) is 28.7. The molecule has 4 aromatic rings. The fraction of sp³-hybridized carbons (Fsp3) is 0.444. The number of piperidine rings is 2. The molecule has 1 N–H and O–H groups in total. The lowest BCUT2D eigenvalue weighted by Gasteiger charge is -2.47. The van der Waals surface area contributed by atoms with Gasteiger partial charge in [0, 0.05) is 30.1 Å². The second kappa shape index (κ2) is 11.1. The van der Waals surface area contributed by atoms with Crippen LogP contribution in [0.25, 0.3) is 22.3 Å². The Balaban J connectivity index is 1.37. The van der Waals surface area contributed by atoms with Crippen molar-refractivity contribution in [3.8, 4) is 11.3 Å². The van der Waals surface area contributed by atoms with Crippen LogP contribution in [-0.2, 0) is 21.6 Å². The van der Waals surface area contributed by atoms with Gasteiger partial charge in [-0.25, -0.2) is 4.98 Å². The Hall–Kier alpha value is -3.44. The highest BCUT2D eigenvalue weighted by atomic mass is 16.5. The Morgan fingerprint density at radius 3 is 2.41 bits per heavy atom. The second-order valence-corrected chi connectivity index (χ2v) is 13.1. The highest BCUT2D eigenvalue weighted by Gasteiger charge is 2.42. The molecule has 3 fully saturated rings. The summed E-state index contributed by atoms with van der Waals surface area (Å²) in [7, 11) is 0. The molecule has 1 atom stereocenters. The van der Waals surface area contributed by atoms with Gasteiger partial charge in [-0.1, -0.05) is 54.4 Å². The Morgan fingerprint density at radius 1 is 1.05 bits per heavy atom. The molecule has 3 aliphatic rings. The largest absolute Gasteiger partial charge is 0.376 e. The van der Waals surface area contributed by atoms with Crippen LogP contribution in [0.1, 0.15) is 80.2 Å². The number of aryl methyl sites for hydroxylation is 2. The Kier molecular flexibility index (Phi) is 7.50. The van der Waals surface area contributed by atoms with Crippen molar-refractivity contribution >= 4 is 16.9 Å². The summed E-state index contributed by atoms with van der Waals surface area (Å²) in [6, 6.07) is 19.6. The predicted molar refractivity (Wildman–Crippen MR) is 166 cm³/mol. The molecule has 0 unspecified atom stereocenters. The summed E-state index contributed by atoms with van der Waals surface area (Å²) in [5.74, 6) is 1.02. The third kappa shape index (κ3) is 5.44. The molecule has 5 heteroatoms. The minimum Gasteiger partial charge on any atom is -0.376 e. The second-order valence-electron chi connectivity index (χ2n) is 13.1. The van der Waals surface area contributed by atoms with E-state index in [1.54, 1.807) is 0 Å². The molecule has 0 spiro atoms. The summed E-state index contributed by atoms with van der Waals surface area (Å²) in [5.41, 5.74) is 8.25. The van der Waals surface area contributed by atoms with Gasteiger partial charge in [0.05, 0.1) is 24.3 Å². The Labute approximate surface area is 244 Å². The minimum absolute atomic E-state index is 0.122. The molecule has 4 heterocycles.